The Labute approximate surface area is 165 Å². The zero-order chi connectivity index (χ0) is 20.6. The van der Waals surface area contributed by atoms with Crippen molar-refractivity contribution in [3.63, 3.8) is 0 Å². The molecule has 0 aliphatic carbocycles. The molecule has 3 aromatic rings. The van der Waals surface area contributed by atoms with Gasteiger partial charge in [-0.25, -0.2) is 8.42 Å². The van der Waals surface area contributed by atoms with Crippen molar-refractivity contribution in [3.05, 3.63) is 59.8 Å². The molecular formula is C19H18F3N3O3S. The molecule has 1 aliphatic rings. The summed E-state index contributed by atoms with van der Waals surface area (Å²) in [5, 5.41) is 4.52. The number of anilines is 1. The number of rotatable bonds is 4. The number of benzene rings is 2. The number of sulfonamides is 1. The fraction of sp³-hybridized carbons (Fsp3) is 0.316. The van der Waals surface area contributed by atoms with Crippen LogP contribution in [0.5, 0.6) is 0 Å². The van der Waals surface area contributed by atoms with Crippen LogP contribution in [0.15, 0.2) is 53.1 Å². The van der Waals surface area contributed by atoms with Gasteiger partial charge in [0.2, 0.25) is 10.0 Å². The van der Waals surface area contributed by atoms with Crippen LogP contribution in [0.25, 0.3) is 11.0 Å². The van der Waals surface area contributed by atoms with Crippen LogP contribution in [0.1, 0.15) is 11.3 Å². The lowest BCUT2D eigenvalue weighted by molar-refractivity contribution is -0.137. The molecule has 1 saturated heterocycles. The molecule has 1 fully saturated rings. The van der Waals surface area contributed by atoms with Crippen LogP contribution >= 0.6 is 0 Å². The van der Waals surface area contributed by atoms with E-state index in [1.165, 1.54) is 10.4 Å². The van der Waals surface area contributed by atoms with E-state index in [0.29, 0.717) is 35.4 Å². The molecular weight excluding hydrogens is 407 g/mol. The molecule has 0 radical (unpaired) electrons. The molecule has 0 spiro atoms. The highest BCUT2D eigenvalue weighted by Gasteiger charge is 2.32. The lowest BCUT2D eigenvalue weighted by Gasteiger charge is -2.35. The van der Waals surface area contributed by atoms with Gasteiger partial charge in [-0.15, -0.1) is 0 Å². The van der Waals surface area contributed by atoms with Gasteiger partial charge in [0.1, 0.15) is 11.4 Å². The van der Waals surface area contributed by atoms with Crippen molar-refractivity contribution in [1.29, 1.82) is 0 Å². The van der Waals surface area contributed by atoms with E-state index in [9.17, 15) is 21.6 Å². The third-order valence-electron chi connectivity index (χ3n) is 4.94. The highest BCUT2D eigenvalue weighted by Crippen LogP contribution is 2.32. The molecule has 154 valence electrons. The Balaban J connectivity index is 1.45. The van der Waals surface area contributed by atoms with Crippen molar-refractivity contribution in [1.82, 2.24) is 9.46 Å². The number of piperazine rings is 1. The summed E-state index contributed by atoms with van der Waals surface area (Å²) in [6, 6.07) is 12.1. The van der Waals surface area contributed by atoms with Crippen LogP contribution < -0.4 is 4.90 Å². The maximum Gasteiger partial charge on any atom is 0.416 e. The Morgan fingerprint density at radius 2 is 1.72 bits per heavy atom. The van der Waals surface area contributed by atoms with Crippen molar-refractivity contribution in [2.24, 2.45) is 0 Å². The van der Waals surface area contributed by atoms with E-state index >= 15 is 0 Å². The number of halogens is 3. The minimum absolute atomic E-state index is 0.189. The summed E-state index contributed by atoms with van der Waals surface area (Å²) in [5.41, 5.74) is 0.579. The van der Waals surface area contributed by atoms with E-state index in [1.807, 2.05) is 0 Å². The predicted octanol–water partition coefficient (Wildman–Crippen LogP) is 3.50. The molecule has 2 aromatic carbocycles. The number of para-hydroxylation sites is 1. The van der Waals surface area contributed by atoms with Crippen LogP contribution in [-0.2, 0) is 22.0 Å². The van der Waals surface area contributed by atoms with Crippen LogP contribution in [0.2, 0.25) is 0 Å². The maximum absolute atomic E-state index is 12.9. The second-order valence-electron chi connectivity index (χ2n) is 6.82. The number of fused-ring (bicyclic) bond motifs is 1. The lowest BCUT2D eigenvalue weighted by atomic mass is 10.1. The first-order chi connectivity index (χ1) is 13.7. The topological polar surface area (TPSA) is 66.7 Å². The van der Waals surface area contributed by atoms with Gasteiger partial charge < -0.3 is 9.42 Å². The minimum atomic E-state index is -4.42. The summed E-state index contributed by atoms with van der Waals surface area (Å²) in [5.74, 6) is -0.284. The van der Waals surface area contributed by atoms with Gasteiger partial charge in [-0.05, 0) is 30.3 Å². The van der Waals surface area contributed by atoms with E-state index in [0.717, 1.165) is 12.1 Å². The van der Waals surface area contributed by atoms with Crippen LogP contribution in [0, 0.1) is 0 Å². The average molecular weight is 425 g/mol. The number of alkyl halides is 3. The monoisotopic (exact) mass is 425 g/mol. The van der Waals surface area contributed by atoms with Crippen LogP contribution in [0.4, 0.5) is 18.9 Å². The third-order valence-corrected chi connectivity index (χ3v) is 6.73. The molecule has 29 heavy (non-hydrogen) atoms. The number of nitrogens with zero attached hydrogens (tertiary/aromatic N) is 3. The molecule has 1 aliphatic heterocycles. The molecule has 0 atom stereocenters. The number of aromatic nitrogens is 1. The Morgan fingerprint density at radius 3 is 2.45 bits per heavy atom. The summed E-state index contributed by atoms with van der Waals surface area (Å²) in [6.07, 6.45) is -4.42. The SMILES string of the molecule is O=S(=O)(Cc1noc2ccccc12)N1CCN(c2cccc(C(F)(F)F)c2)CC1. The van der Waals surface area contributed by atoms with Crippen molar-refractivity contribution in [2.75, 3.05) is 31.1 Å². The Bertz CT molecular complexity index is 1120. The quantitative estimate of drug-likeness (QED) is 0.640. The van der Waals surface area contributed by atoms with Gasteiger partial charge in [-0.2, -0.15) is 17.5 Å². The van der Waals surface area contributed by atoms with E-state index in [-0.39, 0.29) is 18.8 Å². The Morgan fingerprint density at radius 1 is 1.00 bits per heavy atom. The molecule has 0 unspecified atom stereocenters. The maximum atomic E-state index is 12.9. The van der Waals surface area contributed by atoms with E-state index < -0.39 is 21.8 Å². The van der Waals surface area contributed by atoms with Crippen molar-refractivity contribution < 1.29 is 26.1 Å². The fourth-order valence-electron chi connectivity index (χ4n) is 3.41. The number of hydrogen-bond acceptors (Lipinski definition) is 5. The number of hydrogen-bond donors (Lipinski definition) is 0. The fourth-order valence-corrected chi connectivity index (χ4v) is 4.87. The first-order valence-electron chi connectivity index (χ1n) is 8.97. The molecule has 10 heteroatoms. The van der Waals surface area contributed by atoms with Gasteiger partial charge >= 0.3 is 6.18 Å². The van der Waals surface area contributed by atoms with E-state index in [2.05, 4.69) is 5.16 Å². The molecule has 4 rings (SSSR count). The minimum Gasteiger partial charge on any atom is -0.369 e. The first-order valence-corrected chi connectivity index (χ1v) is 10.6. The van der Waals surface area contributed by atoms with Crippen LogP contribution in [-0.4, -0.2) is 44.1 Å². The average Bonchev–Trinajstić information content (AvgIpc) is 3.10. The summed E-state index contributed by atoms with van der Waals surface area (Å²) in [7, 11) is -3.63. The summed E-state index contributed by atoms with van der Waals surface area (Å²) in [4.78, 5) is 1.76. The highest BCUT2D eigenvalue weighted by molar-refractivity contribution is 7.88. The van der Waals surface area contributed by atoms with Gasteiger partial charge in [0.15, 0.2) is 5.58 Å². The first kappa shape index (κ1) is 19.7. The molecule has 0 bridgehead atoms. The molecule has 0 amide bonds. The highest BCUT2D eigenvalue weighted by atomic mass is 32.2. The summed E-state index contributed by atoms with van der Waals surface area (Å²) >= 11 is 0. The second-order valence-corrected chi connectivity index (χ2v) is 8.78. The zero-order valence-electron chi connectivity index (χ0n) is 15.3. The van der Waals surface area contributed by atoms with Crippen molar-refractivity contribution >= 4 is 26.7 Å². The van der Waals surface area contributed by atoms with Crippen molar-refractivity contribution in [2.45, 2.75) is 11.9 Å². The lowest BCUT2D eigenvalue weighted by Crippen LogP contribution is -2.49. The molecule has 0 saturated carbocycles. The van der Waals surface area contributed by atoms with Crippen molar-refractivity contribution in [3.8, 4) is 0 Å². The van der Waals surface area contributed by atoms with Gasteiger partial charge in [0.25, 0.3) is 0 Å². The molecule has 6 nitrogen and oxygen atoms in total. The summed E-state index contributed by atoms with van der Waals surface area (Å²) in [6.45, 7) is 0.989. The Kier molecular flexibility index (Phi) is 4.99. The largest absolute Gasteiger partial charge is 0.416 e. The van der Waals surface area contributed by atoms with E-state index in [1.54, 1.807) is 35.2 Å². The van der Waals surface area contributed by atoms with Gasteiger partial charge in [-0.1, -0.05) is 23.4 Å². The molecule has 0 N–H and O–H groups in total. The Hall–Kier alpha value is -2.59. The van der Waals surface area contributed by atoms with Gasteiger partial charge in [0.05, 0.1) is 5.56 Å². The zero-order valence-corrected chi connectivity index (χ0v) is 16.1. The molecule has 1 aromatic heterocycles. The standard InChI is InChI=1S/C19H18F3N3O3S/c20-19(21,22)14-4-3-5-15(12-14)24-8-10-25(11-9-24)29(26,27)13-17-16-6-1-2-7-18(16)28-23-17/h1-7,12H,8-11,13H2. The smallest absolute Gasteiger partial charge is 0.369 e. The summed E-state index contributed by atoms with van der Waals surface area (Å²) < 4.78 is 70.9. The van der Waals surface area contributed by atoms with E-state index in [4.69, 9.17) is 4.52 Å². The normalized spacial score (nSPS) is 16.4. The molecule has 2 heterocycles. The van der Waals surface area contributed by atoms with Gasteiger partial charge in [0, 0.05) is 37.3 Å². The van der Waals surface area contributed by atoms with Gasteiger partial charge in [-0.3, -0.25) is 0 Å². The third kappa shape index (κ3) is 4.08. The van der Waals surface area contributed by atoms with Crippen LogP contribution in [0.3, 0.4) is 0 Å². The predicted molar refractivity (Wildman–Crippen MR) is 102 cm³/mol. The second kappa shape index (κ2) is 7.34.